The number of rotatable bonds is 2. The molecule has 0 spiro atoms. The fraction of sp³-hybridized carbons (Fsp3) is 0.750. The van der Waals surface area contributed by atoms with Crippen LogP contribution in [0.1, 0.15) is 13.3 Å². The van der Waals surface area contributed by atoms with Gasteiger partial charge in [0.1, 0.15) is 0 Å². The van der Waals surface area contributed by atoms with Gasteiger partial charge in [0.05, 0.1) is 0 Å². The lowest BCUT2D eigenvalue weighted by atomic mass is 10.4. The van der Waals surface area contributed by atoms with Crippen LogP contribution in [0.2, 0.25) is 0 Å². The normalized spacial score (nSPS) is 20.3. The Morgan fingerprint density at radius 1 is 1.40 bits per heavy atom. The highest BCUT2D eigenvalue weighted by molar-refractivity contribution is 4.83. The van der Waals surface area contributed by atoms with Crippen LogP contribution in [0.15, 0.2) is 12.3 Å². The fourth-order valence-corrected chi connectivity index (χ4v) is 1.09. The van der Waals surface area contributed by atoms with E-state index in [1.54, 1.807) is 0 Å². The molecule has 1 N–H and O–H groups in total. The molecule has 0 atom stereocenters. The molecule has 1 aliphatic rings. The molecule has 2 heteroatoms. The largest absolute Gasteiger partial charge is 0.375 e. The first-order chi connectivity index (χ1) is 4.93. The van der Waals surface area contributed by atoms with Crippen molar-refractivity contribution < 1.29 is 0 Å². The van der Waals surface area contributed by atoms with Crippen molar-refractivity contribution in [2.45, 2.75) is 13.3 Å². The molecule has 1 fully saturated rings. The van der Waals surface area contributed by atoms with E-state index in [1.165, 1.54) is 0 Å². The van der Waals surface area contributed by atoms with Crippen molar-refractivity contribution in [3.63, 3.8) is 0 Å². The monoisotopic (exact) mass is 140 g/mol. The van der Waals surface area contributed by atoms with Crippen LogP contribution < -0.4 is 5.32 Å². The van der Waals surface area contributed by atoms with Gasteiger partial charge in [-0.05, 0) is 12.6 Å². The molecular weight excluding hydrogens is 124 g/mol. The van der Waals surface area contributed by atoms with Crippen LogP contribution in [-0.4, -0.2) is 31.1 Å². The third-order valence-corrected chi connectivity index (χ3v) is 1.70. The van der Waals surface area contributed by atoms with Crippen molar-refractivity contribution in [1.29, 1.82) is 0 Å². The van der Waals surface area contributed by atoms with Crippen molar-refractivity contribution in [2.75, 3.05) is 26.2 Å². The highest BCUT2D eigenvalue weighted by atomic mass is 15.2. The predicted octanol–water partition coefficient (Wildman–Crippen LogP) is 0.815. The van der Waals surface area contributed by atoms with Gasteiger partial charge in [-0.3, -0.25) is 0 Å². The summed E-state index contributed by atoms with van der Waals surface area (Å²) in [6.07, 6.45) is 5.57. The summed E-state index contributed by atoms with van der Waals surface area (Å²) >= 11 is 0. The number of nitrogens with one attached hydrogen (secondary N) is 1. The smallest absolute Gasteiger partial charge is 0.0298 e. The highest BCUT2D eigenvalue weighted by Crippen LogP contribution is 1.93. The second-order valence-electron chi connectivity index (χ2n) is 2.58. The number of piperazine rings is 1. The molecule has 0 aromatic rings. The zero-order valence-electron chi connectivity index (χ0n) is 6.64. The molecule has 58 valence electrons. The minimum Gasteiger partial charge on any atom is -0.375 e. The Hall–Kier alpha value is -0.500. The summed E-state index contributed by atoms with van der Waals surface area (Å²) in [5.41, 5.74) is 0. The van der Waals surface area contributed by atoms with Gasteiger partial charge in [0.2, 0.25) is 0 Å². The molecule has 0 bridgehead atoms. The average molecular weight is 140 g/mol. The Morgan fingerprint density at radius 2 is 2.10 bits per heavy atom. The summed E-state index contributed by atoms with van der Waals surface area (Å²) in [6, 6.07) is 0. The molecule has 10 heavy (non-hydrogen) atoms. The average Bonchev–Trinajstić information content (AvgIpc) is 2.03. The minimum atomic E-state index is 1.13. The first-order valence-electron chi connectivity index (χ1n) is 4.05. The van der Waals surface area contributed by atoms with E-state index in [1.807, 2.05) is 0 Å². The molecule has 1 rings (SSSR count). The molecule has 1 aliphatic heterocycles. The van der Waals surface area contributed by atoms with E-state index < -0.39 is 0 Å². The Kier molecular flexibility index (Phi) is 3.30. The molecular formula is C8H16N2. The second-order valence-corrected chi connectivity index (χ2v) is 2.58. The molecule has 0 radical (unpaired) electrons. The van der Waals surface area contributed by atoms with E-state index in [2.05, 4.69) is 29.4 Å². The molecule has 0 aliphatic carbocycles. The maximum Gasteiger partial charge on any atom is 0.0298 e. The zero-order chi connectivity index (χ0) is 7.23. The minimum absolute atomic E-state index is 1.13. The standard InChI is InChI=1S/C8H16N2/c1-2-3-6-10-7-4-9-5-8-10/h3,6,9H,2,4-5,7-8H2,1H3/b6-3+. The van der Waals surface area contributed by atoms with Gasteiger partial charge in [-0.15, -0.1) is 0 Å². The number of allylic oxidation sites excluding steroid dienone is 1. The molecule has 0 aromatic heterocycles. The number of nitrogens with zero attached hydrogens (tertiary/aromatic N) is 1. The van der Waals surface area contributed by atoms with Crippen LogP contribution in [0.4, 0.5) is 0 Å². The van der Waals surface area contributed by atoms with Gasteiger partial charge in [-0.25, -0.2) is 0 Å². The van der Waals surface area contributed by atoms with Crippen LogP contribution in [0.3, 0.4) is 0 Å². The van der Waals surface area contributed by atoms with E-state index in [4.69, 9.17) is 0 Å². The second kappa shape index (κ2) is 4.34. The Labute approximate surface area is 62.9 Å². The molecule has 2 nitrogen and oxygen atoms in total. The lowest BCUT2D eigenvalue weighted by Gasteiger charge is -2.25. The lowest BCUT2D eigenvalue weighted by molar-refractivity contribution is 0.323. The van der Waals surface area contributed by atoms with Crippen molar-refractivity contribution in [3.05, 3.63) is 12.3 Å². The quantitative estimate of drug-likeness (QED) is 0.610. The van der Waals surface area contributed by atoms with Gasteiger partial charge in [0.25, 0.3) is 0 Å². The Balaban J connectivity index is 2.19. The first kappa shape index (κ1) is 7.61. The van der Waals surface area contributed by atoms with E-state index in [9.17, 15) is 0 Å². The van der Waals surface area contributed by atoms with Gasteiger partial charge in [0, 0.05) is 26.2 Å². The summed E-state index contributed by atoms with van der Waals surface area (Å²) in [4.78, 5) is 2.36. The summed E-state index contributed by atoms with van der Waals surface area (Å²) in [5, 5.41) is 3.32. The summed E-state index contributed by atoms with van der Waals surface area (Å²) < 4.78 is 0. The number of hydrogen-bond donors (Lipinski definition) is 1. The lowest BCUT2D eigenvalue weighted by Crippen LogP contribution is -2.40. The maximum absolute atomic E-state index is 3.32. The maximum atomic E-state index is 3.32. The predicted molar refractivity (Wildman–Crippen MR) is 43.9 cm³/mol. The van der Waals surface area contributed by atoms with Crippen molar-refractivity contribution >= 4 is 0 Å². The summed E-state index contributed by atoms with van der Waals surface area (Å²) in [7, 11) is 0. The van der Waals surface area contributed by atoms with Crippen molar-refractivity contribution in [1.82, 2.24) is 10.2 Å². The molecule has 0 aromatic carbocycles. The van der Waals surface area contributed by atoms with E-state index in [0.717, 1.165) is 32.6 Å². The molecule has 0 unspecified atom stereocenters. The Bertz CT molecular complexity index is 104. The number of hydrogen-bond acceptors (Lipinski definition) is 2. The first-order valence-corrected chi connectivity index (χ1v) is 4.05. The molecule has 1 saturated heterocycles. The van der Waals surface area contributed by atoms with E-state index in [-0.39, 0.29) is 0 Å². The van der Waals surface area contributed by atoms with Gasteiger partial charge in [-0.2, -0.15) is 0 Å². The fourth-order valence-electron chi connectivity index (χ4n) is 1.09. The van der Waals surface area contributed by atoms with Crippen molar-refractivity contribution in [3.8, 4) is 0 Å². The van der Waals surface area contributed by atoms with E-state index in [0.29, 0.717) is 0 Å². The SMILES string of the molecule is CC/C=C/N1CCNCC1. The molecule has 1 heterocycles. The highest BCUT2D eigenvalue weighted by Gasteiger charge is 2.02. The topological polar surface area (TPSA) is 15.3 Å². The molecule has 0 saturated carbocycles. The van der Waals surface area contributed by atoms with Gasteiger partial charge >= 0.3 is 0 Å². The zero-order valence-corrected chi connectivity index (χ0v) is 6.64. The van der Waals surface area contributed by atoms with Gasteiger partial charge < -0.3 is 10.2 Å². The Morgan fingerprint density at radius 3 is 2.70 bits per heavy atom. The van der Waals surface area contributed by atoms with Crippen LogP contribution in [-0.2, 0) is 0 Å². The van der Waals surface area contributed by atoms with Crippen LogP contribution in [0.25, 0.3) is 0 Å². The van der Waals surface area contributed by atoms with Crippen LogP contribution >= 0.6 is 0 Å². The van der Waals surface area contributed by atoms with Crippen LogP contribution in [0.5, 0.6) is 0 Å². The van der Waals surface area contributed by atoms with Gasteiger partial charge in [0.15, 0.2) is 0 Å². The summed E-state index contributed by atoms with van der Waals surface area (Å²) in [6.45, 7) is 6.76. The van der Waals surface area contributed by atoms with E-state index >= 15 is 0 Å². The third kappa shape index (κ3) is 2.40. The third-order valence-electron chi connectivity index (χ3n) is 1.70. The summed E-state index contributed by atoms with van der Waals surface area (Å²) in [5.74, 6) is 0. The van der Waals surface area contributed by atoms with Crippen molar-refractivity contribution in [2.24, 2.45) is 0 Å². The van der Waals surface area contributed by atoms with Crippen LogP contribution in [0, 0.1) is 0 Å². The van der Waals surface area contributed by atoms with Gasteiger partial charge in [-0.1, -0.05) is 13.0 Å². The molecule has 0 amide bonds.